The van der Waals surface area contributed by atoms with Crippen LogP contribution in [0.3, 0.4) is 0 Å². The van der Waals surface area contributed by atoms with Gasteiger partial charge in [0.05, 0.1) is 19.6 Å². The molecule has 7 heteroatoms. The van der Waals surface area contributed by atoms with E-state index < -0.39 is 12.0 Å². The van der Waals surface area contributed by atoms with Crippen molar-refractivity contribution in [1.82, 2.24) is 10.2 Å². The van der Waals surface area contributed by atoms with Gasteiger partial charge in [0.1, 0.15) is 11.8 Å². The molecule has 1 saturated heterocycles. The summed E-state index contributed by atoms with van der Waals surface area (Å²) in [6, 6.07) is 16.1. The minimum atomic E-state index is -0.882. The van der Waals surface area contributed by atoms with Gasteiger partial charge >= 0.3 is 5.97 Å². The minimum Gasteiger partial charge on any atom is -0.493 e. The maximum absolute atomic E-state index is 13.2. The van der Waals surface area contributed by atoms with Crippen LogP contribution in [0.25, 0.3) is 0 Å². The molecule has 1 aliphatic rings. The third-order valence-electron chi connectivity index (χ3n) is 5.55. The van der Waals surface area contributed by atoms with E-state index in [9.17, 15) is 14.4 Å². The van der Waals surface area contributed by atoms with Gasteiger partial charge in [-0.3, -0.25) is 14.4 Å². The second-order valence-electron chi connectivity index (χ2n) is 8.05. The number of hydrogen-bond acceptors (Lipinski definition) is 5. The predicted molar refractivity (Wildman–Crippen MR) is 125 cm³/mol. The van der Waals surface area contributed by atoms with Gasteiger partial charge in [0.2, 0.25) is 5.91 Å². The van der Waals surface area contributed by atoms with Gasteiger partial charge in [-0.25, -0.2) is 0 Å². The first-order valence-corrected chi connectivity index (χ1v) is 11.6. The monoisotopic (exact) mass is 452 g/mol. The van der Waals surface area contributed by atoms with E-state index in [0.29, 0.717) is 37.6 Å². The Hall–Kier alpha value is -3.35. The average Bonchev–Trinajstić information content (AvgIpc) is 2.83. The van der Waals surface area contributed by atoms with E-state index in [2.05, 4.69) is 12.2 Å². The second kappa shape index (κ2) is 12.6. The van der Waals surface area contributed by atoms with Gasteiger partial charge in [0.15, 0.2) is 0 Å². The molecule has 1 N–H and O–H groups in total. The largest absolute Gasteiger partial charge is 0.493 e. The molecule has 1 atom stereocenters. The van der Waals surface area contributed by atoms with Gasteiger partial charge in [-0.05, 0) is 30.2 Å². The molecule has 2 aromatic carbocycles. The van der Waals surface area contributed by atoms with Crippen LogP contribution in [0, 0.1) is 0 Å². The van der Waals surface area contributed by atoms with Crippen molar-refractivity contribution >= 4 is 17.8 Å². The highest BCUT2D eigenvalue weighted by atomic mass is 16.5. The summed E-state index contributed by atoms with van der Waals surface area (Å²) in [6.45, 7) is 3.57. The van der Waals surface area contributed by atoms with E-state index in [1.54, 1.807) is 24.3 Å². The molecule has 0 bridgehead atoms. The number of nitrogens with zero attached hydrogens (tertiary/aromatic N) is 1. The fourth-order valence-electron chi connectivity index (χ4n) is 3.73. The highest BCUT2D eigenvalue weighted by Crippen LogP contribution is 2.19. The van der Waals surface area contributed by atoms with Crippen LogP contribution in [0.4, 0.5) is 0 Å². The number of unbranched alkanes of at least 4 members (excludes halogenated alkanes) is 2. The molecule has 1 aliphatic heterocycles. The maximum atomic E-state index is 13.2. The SMILES string of the molecule is CCCCCOC(=O)CC1C(=O)NCCN1C(=O)c1cccc(OCCc2ccccc2)c1. The summed E-state index contributed by atoms with van der Waals surface area (Å²) >= 11 is 0. The summed E-state index contributed by atoms with van der Waals surface area (Å²) < 4.78 is 11.1. The van der Waals surface area contributed by atoms with Gasteiger partial charge in [-0.15, -0.1) is 0 Å². The number of hydrogen-bond donors (Lipinski definition) is 1. The number of amides is 2. The Balaban J connectivity index is 1.60. The lowest BCUT2D eigenvalue weighted by Gasteiger charge is -2.34. The molecule has 2 aromatic rings. The van der Waals surface area contributed by atoms with Crippen molar-refractivity contribution in [3.05, 3.63) is 65.7 Å². The molecule has 0 saturated carbocycles. The van der Waals surface area contributed by atoms with Gasteiger partial charge in [0.25, 0.3) is 5.91 Å². The molecular weight excluding hydrogens is 420 g/mol. The Morgan fingerprint density at radius 3 is 2.67 bits per heavy atom. The van der Waals surface area contributed by atoms with Crippen LogP contribution in [0.2, 0.25) is 0 Å². The van der Waals surface area contributed by atoms with Crippen LogP contribution in [0.15, 0.2) is 54.6 Å². The van der Waals surface area contributed by atoms with E-state index in [-0.39, 0.29) is 18.2 Å². The van der Waals surface area contributed by atoms with Gasteiger partial charge in [0, 0.05) is 25.1 Å². The molecule has 0 aromatic heterocycles. The molecule has 1 unspecified atom stereocenters. The molecule has 33 heavy (non-hydrogen) atoms. The molecule has 7 nitrogen and oxygen atoms in total. The van der Waals surface area contributed by atoms with Crippen LogP contribution >= 0.6 is 0 Å². The Morgan fingerprint density at radius 2 is 1.88 bits per heavy atom. The quantitative estimate of drug-likeness (QED) is 0.417. The first-order chi connectivity index (χ1) is 16.1. The number of benzene rings is 2. The Bertz CT molecular complexity index is 931. The van der Waals surface area contributed by atoms with E-state index >= 15 is 0 Å². The normalized spacial score (nSPS) is 15.6. The number of nitrogens with one attached hydrogen (secondary N) is 1. The standard InChI is InChI=1S/C26H32N2O5/c1-2-3-7-16-33-24(29)19-23-25(30)27-14-15-28(23)26(31)21-11-8-12-22(18-21)32-17-13-20-9-5-4-6-10-20/h4-6,8-12,18,23H,2-3,7,13-17,19H2,1H3,(H,27,30). The molecule has 3 rings (SSSR count). The smallest absolute Gasteiger partial charge is 0.308 e. The first kappa shape index (κ1) is 24.3. The lowest BCUT2D eigenvalue weighted by atomic mass is 10.1. The maximum Gasteiger partial charge on any atom is 0.308 e. The summed E-state index contributed by atoms with van der Waals surface area (Å²) in [5.74, 6) is -0.522. The van der Waals surface area contributed by atoms with Crippen molar-refractivity contribution in [3.8, 4) is 5.75 Å². The molecule has 176 valence electrons. The highest BCUT2D eigenvalue weighted by Gasteiger charge is 2.35. The van der Waals surface area contributed by atoms with Crippen molar-refractivity contribution in [2.75, 3.05) is 26.3 Å². The molecule has 0 radical (unpaired) electrons. The number of esters is 1. The number of ether oxygens (including phenoxy) is 2. The lowest BCUT2D eigenvalue weighted by Crippen LogP contribution is -2.57. The average molecular weight is 453 g/mol. The Labute approximate surface area is 195 Å². The van der Waals surface area contributed by atoms with Crippen molar-refractivity contribution in [3.63, 3.8) is 0 Å². The molecule has 2 amide bonds. The van der Waals surface area contributed by atoms with Crippen molar-refractivity contribution in [2.45, 2.75) is 45.1 Å². The topological polar surface area (TPSA) is 84.9 Å². The molecule has 0 aliphatic carbocycles. The van der Waals surface area contributed by atoms with Crippen molar-refractivity contribution < 1.29 is 23.9 Å². The van der Waals surface area contributed by atoms with E-state index in [1.165, 1.54) is 10.5 Å². The fourth-order valence-corrected chi connectivity index (χ4v) is 3.73. The zero-order valence-corrected chi connectivity index (χ0v) is 19.1. The number of carbonyl (C=O) groups is 3. The molecular formula is C26H32N2O5. The third kappa shape index (κ3) is 7.34. The van der Waals surface area contributed by atoms with Gasteiger partial charge < -0.3 is 19.7 Å². The van der Waals surface area contributed by atoms with E-state index in [0.717, 1.165) is 25.7 Å². The van der Waals surface area contributed by atoms with Crippen molar-refractivity contribution in [1.29, 1.82) is 0 Å². The number of piperazine rings is 1. The van der Waals surface area contributed by atoms with E-state index in [4.69, 9.17) is 9.47 Å². The van der Waals surface area contributed by atoms with Crippen LogP contribution in [-0.4, -0.2) is 55.0 Å². The second-order valence-corrected chi connectivity index (χ2v) is 8.05. The molecule has 1 heterocycles. The highest BCUT2D eigenvalue weighted by molar-refractivity contribution is 5.99. The summed E-state index contributed by atoms with van der Waals surface area (Å²) in [5.41, 5.74) is 1.59. The lowest BCUT2D eigenvalue weighted by molar-refractivity contribution is -0.147. The fraction of sp³-hybridized carbons (Fsp3) is 0.423. The van der Waals surface area contributed by atoms with Crippen LogP contribution in [-0.2, 0) is 20.7 Å². The molecule has 1 fully saturated rings. The van der Waals surface area contributed by atoms with Crippen LogP contribution < -0.4 is 10.1 Å². The zero-order valence-electron chi connectivity index (χ0n) is 19.1. The summed E-state index contributed by atoms with van der Waals surface area (Å²) in [6.07, 6.45) is 3.40. The third-order valence-corrected chi connectivity index (χ3v) is 5.55. The molecule has 0 spiro atoms. The van der Waals surface area contributed by atoms with Gasteiger partial charge in [-0.2, -0.15) is 0 Å². The van der Waals surface area contributed by atoms with Gasteiger partial charge in [-0.1, -0.05) is 56.2 Å². The number of rotatable bonds is 11. The predicted octanol–water partition coefficient (Wildman–Crippen LogP) is 3.37. The minimum absolute atomic E-state index is 0.156. The Morgan fingerprint density at radius 1 is 1.06 bits per heavy atom. The summed E-state index contributed by atoms with van der Waals surface area (Å²) in [5, 5.41) is 2.74. The van der Waals surface area contributed by atoms with Crippen molar-refractivity contribution in [2.24, 2.45) is 0 Å². The summed E-state index contributed by atoms with van der Waals surface area (Å²) in [4.78, 5) is 39.4. The van der Waals surface area contributed by atoms with E-state index in [1.807, 2.05) is 30.3 Å². The number of carbonyl (C=O) groups excluding carboxylic acids is 3. The zero-order chi connectivity index (χ0) is 23.5. The summed E-state index contributed by atoms with van der Waals surface area (Å²) in [7, 11) is 0. The first-order valence-electron chi connectivity index (χ1n) is 11.6. The van der Waals surface area contributed by atoms with Crippen LogP contribution in [0.1, 0.15) is 48.5 Å². The van der Waals surface area contributed by atoms with Crippen LogP contribution in [0.5, 0.6) is 5.75 Å². The Kier molecular flexibility index (Phi) is 9.30.